The molecule has 32 heavy (non-hydrogen) atoms. The smallest absolute Gasteiger partial charge is 0.324 e. The molecule has 1 aliphatic heterocycles. The number of pyridine rings is 1. The van der Waals surface area contributed by atoms with Crippen molar-refractivity contribution in [3.05, 3.63) is 90.2 Å². The van der Waals surface area contributed by atoms with Crippen LogP contribution in [0.25, 0.3) is 11.1 Å². The summed E-state index contributed by atoms with van der Waals surface area (Å²) in [6.45, 7) is 2.82. The number of hydrogen-bond donors (Lipinski definition) is 0. The van der Waals surface area contributed by atoms with E-state index in [0.717, 1.165) is 60.1 Å². The summed E-state index contributed by atoms with van der Waals surface area (Å²) in [4.78, 5) is 20.2. The average Bonchev–Trinajstić information content (AvgIpc) is 3.20. The Bertz CT molecular complexity index is 1040. The van der Waals surface area contributed by atoms with Crippen LogP contribution in [0.15, 0.2) is 85.2 Å². The quantitative estimate of drug-likeness (QED) is 0.296. The highest BCUT2D eigenvalue weighted by Crippen LogP contribution is 2.24. The van der Waals surface area contributed by atoms with E-state index in [9.17, 15) is 4.79 Å². The number of benzene rings is 2. The first-order valence-corrected chi connectivity index (χ1v) is 11.2. The van der Waals surface area contributed by atoms with E-state index < -0.39 is 0 Å². The summed E-state index contributed by atoms with van der Waals surface area (Å²) in [7, 11) is 0. The number of carbonyl (C=O) groups excluding carboxylic acids is 1. The van der Waals surface area contributed by atoms with Crippen LogP contribution in [0.3, 0.4) is 0 Å². The summed E-state index contributed by atoms with van der Waals surface area (Å²) in [5.74, 6) is 0.856. The Kier molecular flexibility index (Phi) is 7.41. The molecule has 1 saturated heterocycles. The number of hydrogen-bond acceptors (Lipinski definition) is 3. The molecule has 1 aromatic heterocycles. The molecule has 0 unspecified atom stereocenters. The topological polar surface area (TPSA) is 45.7 Å². The van der Waals surface area contributed by atoms with E-state index >= 15 is 0 Å². The Morgan fingerprint density at radius 2 is 1.53 bits per heavy atom. The first kappa shape index (κ1) is 21.9. The first-order valence-electron chi connectivity index (χ1n) is 10.8. The van der Waals surface area contributed by atoms with Crippen LogP contribution >= 0.6 is 11.6 Å². The minimum Gasteiger partial charge on any atom is -0.493 e. The lowest BCUT2D eigenvalue weighted by atomic mass is 10.1. The maximum atomic E-state index is 12.5. The first-order chi connectivity index (χ1) is 15.7. The van der Waals surface area contributed by atoms with Gasteiger partial charge in [-0.1, -0.05) is 48.0 Å². The molecule has 1 aliphatic rings. The average molecular weight is 448 g/mol. The largest absolute Gasteiger partial charge is 0.493 e. The molecule has 5 nitrogen and oxygen atoms in total. The van der Waals surface area contributed by atoms with Gasteiger partial charge < -0.3 is 9.64 Å². The lowest BCUT2D eigenvalue weighted by Crippen LogP contribution is -2.32. The van der Waals surface area contributed by atoms with Crippen molar-refractivity contribution >= 4 is 23.3 Å². The molecule has 2 heterocycles. The van der Waals surface area contributed by atoms with Gasteiger partial charge in [0.25, 0.3) is 0 Å². The predicted octanol–water partition coefficient (Wildman–Crippen LogP) is 6.06. The third kappa shape index (κ3) is 5.68. The highest BCUT2D eigenvalue weighted by molar-refractivity contribution is 6.30. The van der Waals surface area contributed by atoms with Gasteiger partial charge >= 0.3 is 6.03 Å². The zero-order valence-corrected chi connectivity index (χ0v) is 18.6. The summed E-state index contributed by atoms with van der Waals surface area (Å²) in [6.07, 6.45) is 9.33. The standard InChI is InChI=1S/C26H26ClN3O2/c27-23-9-5-21(6-10-23)22-7-11-25(12-8-22)32-20-4-2-1-3-17-29-18-19-30(26(29)31)24-13-15-28-16-14-24/h1-2,5-16H,3-4,17-20H2. The second-order valence-corrected chi connectivity index (χ2v) is 7.99. The van der Waals surface area contributed by atoms with E-state index in [0.29, 0.717) is 6.61 Å². The number of aromatic nitrogens is 1. The van der Waals surface area contributed by atoms with Gasteiger partial charge in [-0.05, 0) is 60.4 Å². The third-order valence-corrected chi connectivity index (χ3v) is 5.64. The Labute approximate surface area is 193 Å². The van der Waals surface area contributed by atoms with Gasteiger partial charge in [-0.25, -0.2) is 4.79 Å². The molecule has 2 aromatic carbocycles. The zero-order valence-electron chi connectivity index (χ0n) is 17.9. The number of halogens is 1. The van der Waals surface area contributed by atoms with E-state index in [1.54, 1.807) is 17.3 Å². The Balaban J connectivity index is 1.15. The van der Waals surface area contributed by atoms with Crippen LogP contribution in [0.1, 0.15) is 12.8 Å². The molecule has 6 heteroatoms. The minimum atomic E-state index is 0.0648. The molecular formula is C26H26ClN3O2. The van der Waals surface area contributed by atoms with Crippen LogP contribution in [-0.4, -0.2) is 42.2 Å². The molecule has 0 N–H and O–H groups in total. The van der Waals surface area contributed by atoms with Crippen LogP contribution in [0.5, 0.6) is 5.75 Å². The Hall–Kier alpha value is -3.31. The van der Waals surface area contributed by atoms with Crippen LogP contribution in [0.2, 0.25) is 5.02 Å². The molecule has 1 fully saturated rings. The number of anilines is 1. The second-order valence-electron chi connectivity index (χ2n) is 7.56. The summed E-state index contributed by atoms with van der Waals surface area (Å²) < 4.78 is 5.83. The fourth-order valence-electron chi connectivity index (χ4n) is 3.65. The highest BCUT2D eigenvalue weighted by atomic mass is 35.5. The monoisotopic (exact) mass is 447 g/mol. The normalized spacial score (nSPS) is 13.8. The Morgan fingerprint density at radius 1 is 0.875 bits per heavy atom. The second kappa shape index (κ2) is 10.8. The van der Waals surface area contributed by atoms with Crippen molar-refractivity contribution in [1.82, 2.24) is 9.88 Å². The summed E-state index contributed by atoms with van der Waals surface area (Å²) in [5, 5.41) is 0.737. The minimum absolute atomic E-state index is 0.0648. The molecule has 0 bridgehead atoms. The van der Waals surface area contributed by atoms with Crippen LogP contribution in [0.4, 0.5) is 10.5 Å². The molecule has 0 aliphatic carbocycles. The van der Waals surface area contributed by atoms with E-state index in [4.69, 9.17) is 16.3 Å². The van der Waals surface area contributed by atoms with Crippen LogP contribution < -0.4 is 9.64 Å². The van der Waals surface area contributed by atoms with Crippen molar-refractivity contribution in [2.75, 3.05) is 31.1 Å². The molecule has 0 atom stereocenters. The molecule has 3 aromatic rings. The third-order valence-electron chi connectivity index (χ3n) is 5.39. The van der Waals surface area contributed by atoms with Gasteiger partial charge in [-0.3, -0.25) is 9.88 Å². The van der Waals surface area contributed by atoms with Gasteiger partial charge in [0.1, 0.15) is 5.75 Å². The number of carbonyl (C=O) groups is 1. The molecule has 4 rings (SSSR count). The molecule has 0 spiro atoms. The van der Waals surface area contributed by atoms with E-state index in [1.807, 2.05) is 53.4 Å². The predicted molar refractivity (Wildman–Crippen MR) is 129 cm³/mol. The van der Waals surface area contributed by atoms with Crippen molar-refractivity contribution in [3.63, 3.8) is 0 Å². The van der Waals surface area contributed by atoms with Crippen molar-refractivity contribution < 1.29 is 9.53 Å². The van der Waals surface area contributed by atoms with Gasteiger partial charge in [-0.15, -0.1) is 0 Å². The number of amides is 2. The number of rotatable bonds is 9. The lowest BCUT2D eigenvalue weighted by Gasteiger charge is -2.17. The van der Waals surface area contributed by atoms with E-state index in [2.05, 4.69) is 29.3 Å². The maximum Gasteiger partial charge on any atom is 0.324 e. The molecular weight excluding hydrogens is 422 g/mol. The Morgan fingerprint density at radius 3 is 2.25 bits per heavy atom. The van der Waals surface area contributed by atoms with E-state index in [1.165, 1.54) is 0 Å². The highest BCUT2D eigenvalue weighted by Gasteiger charge is 2.28. The fraction of sp³-hybridized carbons (Fsp3) is 0.231. The van der Waals surface area contributed by atoms with Gasteiger partial charge in [0.15, 0.2) is 0 Å². The van der Waals surface area contributed by atoms with Crippen molar-refractivity contribution in [2.45, 2.75) is 12.8 Å². The zero-order chi connectivity index (χ0) is 22.2. The number of ether oxygens (including phenoxy) is 1. The van der Waals surface area contributed by atoms with Gasteiger partial charge in [0, 0.05) is 42.7 Å². The molecule has 0 saturated carbocycles. The van der Waals surface area contributed by atoms with Gasteiger partial charge in [0.2, 0.25) is 0 Å². The summed E-state index contributed by atoms with van der Waals surface area (Å²) >= 11 is 5.95. The number of urea groups is 1. The fourth-order valence-corrected chi connectivity index (χ4v) is 3.78. The maximum absolute atomic E-state index is 12.5. The molecule has 0 radical (unpaired) electrons. The van der Waals surface area contributed by atoms with Crippen LogP contribution in [0, 0.1) is 0 Å². The van der Waals surface area contributed by atoms with E-state index in [-0.39, 0.29) is 6.03 Å². The number of nitrogens with zero attached hydrogens (tertiary/aromatic N) is 3. The van der Waals surface area contributed by atoms with Gasteiger partial charge in [-0.2, -0.15) is 0 Å². The lowest BCUT2D eigenvalue weighted by molar-refractivity contribution is 0.221. The molecule has 164 valence electrons. The molecule has 2 amide bonds. The summed E-state index contributed by atoms with van der Waals surface area (Å²) in [6, 6.07) is 19.7. The van der Waals surface area contributed by atoms with Crippen molar-refractivity contribution in [3.8, 4) is 16.9 Å². The van der Waals surface area contributed by atoms with Crippen molar-refractivity contribution in [1.29, 1.82) is 0 Å². The van der Waals surface area contributed by atoms with Gasteiger partial charge in [0.05, 0.1) is 6.61 Å². The van der Waals surface area contributed by atoms with Crippen molar-refractivity contribution in [2.24, 2.45) is 0 Å². The SMILES string of the molecule is O=C1N(CCC=CCCOc2ccc(-c3ccc(Cl)cc3)cc2)CCN1c1ccncc1. The van der Waals surface area contributed by atoms with Crippen LogP contribution in [-0.2, 0) is 0 Å². The summed E-state index contributed by atoms with van der Waals surface area (Å²) in [5.41, 5.74) is 3.17.